The van der Waals surface area contributed by atoms with Gasteiger partial charge < -0.3 is 10.2 Å². The maximum Gasteiger partial charge on any atom is 0.243 e. The summed E-state index contributed by atoms with van der Waals surface area (Å²) in [7, 11) is -2.28. The average Bonchev–Trinajstić information content (AvgIpc) is 2.74. The van der Waals surface area contributed by atoms with E-state index in [1.54, 1.807) is 24.3 Å². The number of carbonyl (C=O) groups is 1. The summed E-state index contributed by atoms with van der Waals surface area (Å²) in [4.78, 5) is 15.1. The van der Waals surface area contributed by atoms with E-state index in [4.69, 9.17) is 0 Å². The lowest BCUT2D eigenvalue weighted by atomic mass is 9.99. The van der Waals surface area contributed by atoms with Gasteiger partial charge in [-0.2, -0.15) is 4.31 Å². The highest BCUT2D eigenvalue weighted by atomic mass is 32.2. The number of hydrogen-bond acceptors (Lipinski definition) is 4. The number of hydrogen-bond donors (Lipinski definition) is 1. The smallest absolute Gasteiger partial charge is 0.243 e. The quantitative estimate of drug-likeness (QED) is 0.708. The van der Waals surface area contributed by atoms with Gasteiger partial charge in [0.05, 0.1) is 17.5 Å². The number of piperidine rings is 1. The Hall–Kier alpha value is -2.38. The van der Waals surface area contributed by atoms with Crippen molar-refractivity contribution in [2.45, 2.75) is 44.6 Å². The number of nitrogens with one attached hydrogen (secondary N) is 1. The van der Waals surface area contributed by atoms with Crippen LogP contribution in [0.4, 0.5) is 5.69 Å². The van der Waals surface area contributed by atoms with Gasteiger partial charge >= 0.3 is 0 Å². The lowest BCUT2D eigenvalue weighted by molar-refractivity contribution is -0.121. The number of rotatable bonds is 7. The zero-order valence-electron chi connectivity index (χ0n) is 18.8. The molecule has 1 aliphatic rings. The number of nitrogens with zero attached hydrogens (tertiary/aromatic N) is 2. The Morgan fingerprint density at radius 2 is 1.81 bits per heavy atom. The third-order valence-corrected chi connectivity index (χ3v) is 7.71. The van der Waals surface area contributed by atoms with Crippen LogP contribution >= 0.6 is 0 Å². The highest BCUT2D eigenvalue weighted by molar-refractivity contribution is 7.89. The van der Waals surface area contributed by atoms with E-state index in [-0.39, 0.29) is 23.4 Å². The third-order valence-electron chi connectivity index (χ3n) is 5.89. The van der Waals surface area contributed by atoms with Gasteiger partial charge in [0.2, 0.25) is 15.9 Å². The Balaban J connectivity index is 1.58. The van der Waals surface area contributed by atoms with Crippen LogP contribution in [0.25, 0.3) is 0 Å². The predicted molar refractivity (Wildman–Crippen MR) is 125 cm³/mol. The molecule has 0 radical (unpaired) electrons. The number of carbonyl (C=O) groups excluding carboxylic acids is 1. The molecule has 1 aliphatic heterocycles. The van der Waals surface area contributed by atoms with Crippen molar-refractivity contribution in [1.82, 2.24) is 9.62 Å². The normalized spacial score (nSPS) is 18.1. The Bertz CT molecular complexity index is 988. The Morgan fingerprint density at radius 1 is 1.16 bits per heavy atom. The minimum Gasteiger partial charge on any atom is -0.371 e. The van der Waals surface area contributed by atoms with E-state index in [1.807, 2.05) is 26.0 Å². The van der Waals surface area contributed by atoms with Crippen LogP contribution in [0.5, 0.6) is 0 Å². The molecule has 2 aromatic carbocycles. The maximum absolute atomic E-state index is 12.7. The first-order chi connectivity index (χ1) is 14.7. The van der Waals surface area contributed by atoms with Crippen LogP contribution in [0.15, 0.2) is 53.4 Å². The summed E-state index contributed by atoms with van der Waals surface area (Å²) in [5, 5.41) is 2.91. The molecular weight excluding hydrogens is 410 g/mol. The molecule has 1 N–H and O–H groups in total. The SMILES string of the molecule is Cc1ccc(S(=O)(=O)N(C)CC(=O)NC(C)c2ccc(N3CCCC(C)C3)cc2)cc1. The van der Waals surface area contributed by atoms with E-state index < -0.39 is 10.0 Å². The Kier molecular flexibility index (Phi) is 7.38. The highest BCUT2D eigenvalue weighted by Gasteiger charge is 2.23. The lowest BCUT2D eigenvalue weighted by Crippen LogP contribution is -2.39. The van der Waals surface area contributed by atoms with Crippen molar-refractivity contribution in [2.24, 2.45) is 5.92 Å². The first-order valence-corrected chi connectivity index (χ1v) is 12.3. The molecule has 2 atom stereocenters. The van der Waals surface area contributed by atoms with Gasteiger partial charge in [0, 0.05) is 25.8 Å². The van der Waals surface area contributed by atoms with Crippen molar-refractivity contribution in [3.05, 3.63) is 59.7 Å². The van der Waals surface area contributed by atoms with Crippen LogP contribution in [0, 0.1) is 12.8 Å². The number of sulfonamides is 1. The van der Waals surface area contributed by atoms with Crippen LogP contribution < -0.4 is 10.2 Å². The van der Waals surface area contributed by atoms with Crippen molar-refractivity contribution in [2.75, 3.05) is 31.6 Å². The van der Waals surface area contributed by atoms with Crippen molar-refractivity contribution < 1.29 is 13.2 Å². The highest BCUT2D eigenvalue weighted by Crippen LogP contribution is 2.24. The molecule has 0 aromatic heterocycles. The summed E-state index contributed by atoms with van der Waals surface area (Å²) in [5.74, 6) is 0.374. The third kappa shape index (κ3) is 5.86. The average molecular weight is 444 g/mol. The Labute approximate surface area is 186 Å². The number of likely N-dealkylation sites (N-methyl/N-ethyl adjacent to an activating group) is 1. The molecular formula is C24H33N3O3S. The van der Waals surface area contributed by atoms with Crippen molar-refractivity contribution in [3.8, 4) is 0 Å². The van der Waals surface area contributed by atoms with Gasteiger partial charge in [0.25, 0.3) is 0 Å². The molecule has 0 aliphatic carbocycles. The molecule has 1 saturated heterocycles. The largest absolute Gasteiger partial charge is 0.371 e. The lowest BCUT2D eigenvalue weighted by Gasteiger charge is -2.33. The fraction of sp³-hybridized carbons (Fsp3) is 0.458. The molecule has 6 nitrogen and oxygen atoms in total. The number of aryl methyl sites for hydroxylation is 1. The van der Waals surface area contributed by atoms with Crippen LogP contribution in [0.1, 0.15) is 43.9 Å². The summed E-state index contributed by atoms with van der Waals surface area (Å²) in [6.45, 7) is 8.02. The fourth-order valence-corrected chi connectivity index (χ4v) is 5.07. The first kappa shape index (κ1) is 23.3. The first-order valence-electron chi connectivity index (χ1n) is 10.8. The van der Waals surface area contributed by atoms with Crippen LogP contribution in [0.2, 0.25) is 0 Å². The van der Waals surface area contributed by atoms with Gasteiger partial charge in [-0.15, -0.1) is 0 Å². The molecule has 0 bridgehead atoms. The van der Waals surface area contributed by atoms with Crippen molar-refractivity contribution in [3.63, 3.8) is 0 Å². The maximum atomic E-state index is 12.7. The fourth-order valence-electron chi connectivity index (χ4n) is 3.95. The van der Waals surface area contributed by atoms with E-state index >= 15 is 0 Å². The van der Waals surface area contributed by atoms with Gasteiger partial charge in [-0.1, -0.05) is 36.8 Å². The van der Waals surface area contributed by atoms with Crippen molar-refractivity contribution >= 4 is 21.6 Å². The molecule has 168 valence electrons. The molecule has 2 aromatic rings. The molecule has 1 heterocycles. The zero-order chi connectivity index (χ0) is 22.6. The summed E-state index contributed by atoms with van der Waals surface area (Å²) >= 11 is 0. The molecule has 1 fully saturated rings. The summed E-state index contributed by atoms with van der Waals surface area (Å²) in [6, 6.07) is 14.7. The monoisotopic (exact) mass is 443 g/mol. The number of anilines is 1. The predicted octanol–water partition coefficient (Wildman–Crippen LogP) is 3.73. The molecule has 0 spiro atoms. The molecule has 2 unspecified atom stereocenters. The van der Waals surface area contributed by atoms with Gasteiger partial charge in [0.15, 0.2) is 0 Å². The van der Waals surface area contributed by atoms with E-state index in [2.05, 4.69) is 29.3 Å². The van der Waals surface area contributed by atoms with E-state index in [0.29, 0.717) is 5.92 Å². The number of amides is 1. The van der Waals surface area contributed by atoms with Crippen LogP contribution in [-0.2, 0) is 14.8 Å². The van der Waals surface area contributed by atoms with E-state index in [0.717, 1.165) is 28.5 Å². The summed E-state index contributed by atoms with van der Waals surface area (Å²) in [5.41, 5.74) is 3.18. The van der Waals surface area contributed by atoms with Gasteiger partial charge in [0.1, 0.15) is 0 Å². The van der Waals surface area contributed by atoms with E-state index in [9.17, 15) is 13.2 Å². The minimum absolute atomic E-state index is 0.184. The molecule has 1 amide bonds. The summed E-state index contributed by atoms with van der Waals surface area (Å²) < 4.78 is 26.5. The van der Waals surface area contributed by atoms with Crippen LogP contribution in [-0.4, -0.2) is 45.3 Å². The molecule has 31 heavy (non-hydrogen) atoms. The molecule has 3 rings (SSSR count). The summed E-state index contributed by atoms with van der Waals surface area (Å²) in [6.07, 6.45) is 2.50. The number of benzene rings is 2. The zero-order valence-corrected chi connectivity index (χ0v) is 19.7. The van der Waals surface area contributed by atoms with E-state index in [1.165, 1.54) is 25.6 Å². The second-order valence-electron chi connectivity index (χ2n) is 8.65. The minimum atomic E-state index is -3.71. The van der Waals surface area contributed by atoms with Gasteiger partial charge in [-0.25, -0.2) is 8.42 Å². The van der Waals surface area contributed by atoms with Gasteiger partial charge in [-0.3, -0.25) is 4.79 Å². The Morgan fingerprint density at radius 3 is 2.42 bits per heavy atom. The van der Waals surface area contributed by atoms with Crippen LogP contribution in [0.3, 0.4) is 0 Å². The van der Waals surface area contributed by atoms with Crippen molar-refractivity contribution in [1.29, 1.82) is 0 Å². The standard InChI is InChI=1S/C24H33N3O3S/c1-18-7-13-23(14-8-18)31(29,30)26(4)17-24(28)25-20(3)21-9-11-22(12-10-21)27-15-5-6-19(2)16-27/h7-14,19-20H,5-6,15-17H2,1-4H3,(H,25,28). The molecule has 0 saturated carbocycles. The second-order valence-corrected chi connectivity index (χ2v) is 10.7. The van der Waals surface area contributed by atoms with Gasteiger partial charge in [-0.05, 0) is 62.4 Å². The molecule has 7 heteroatoms. The second kappa shape index (κ2) is 9.83. The topological polar surface area (TPSA) is 69.7 Å².